The van der Waals surface area contributed by atoms with E-state index in [-0.39, 0.29) is 38.6 Å². The van der Waals surface area contributed by atoms with E-state index in [1.165, 1.54) is 225 Å². The SMILES string of the molecule is CCCCCCC/C=C\C/C=C\C/C=C\CCCCCCCCCCCCCCCCC(=O)OC(COC(=O)CCCCCCCCCCCCC/C=C\CCCCCCCCCC)COP(=O)(O)OCCN. The van der Waals surface area contributed by atoms with Crippen LogP contribution in [0.15, 0.2) is 48.6 Å². The summed E-state index contributed by atoms with van der Waals surface area (Å²) in [5.41, 5.74) is 5.39. The smallest absolute Gasteiger partial charge is 0.462 e. The molecule has 9 nitrogen and oxygen atoms in total. The Balaban J connectivity index is 3.92. The third kappa shape index (κ3) is 59.1. The second-order valence-electron chi connectivity index (χ2n) is 20.9. The normalized spacial score (nSPS) is 13.3. The second kappa shape index (κ2) is 59.2. The summed E-state index contributed by atoms with van der Waals surface area (Å²) in [6, 6.07) is 0. The summed E-state index contributed by atoms with van der Waals surface area (Å²) < 4.78 is 33.1. The van der Waals surface area contributed by atoms with Crippen LogP contribution in [0.25, 0.3) is 0 Å². The highest BCUT2D eigenvalue weighted by atomic mass is 31.2. The van der Waals surface area contributed by atoms with E-state index in [1.807, 2.05) is 0 Å². The Morgan fingerprint density at radius 3 is 1.07 bits per heavy atom. The van der Waals surface area contributed by atoms with E-state index in [9.17, 15) is 19.0 Å². The Hall–Kier alpha value is -2.03. The van der Waals surface area contributed by atoms with Gasteiger partial charge in [-0.25, -0.2) is 4.57 Å². The quantitative estimate of drug-likeness (QED) is 0.0264. The molecule has 0 spiro atoms. The molecule has 0 radical (unpaired) electrons. The first-order valence-electron chi connectivity index (χ1n) is 31.1. The van der Waals surface area contributed by atoms with Crippen LogP contribution in [0, 0.1) is 0 Å². The molecule has 0 bridgehead atoms. The first-order chi connectivity index (χ1) is 35.8. The van der Waals surface area contributed by atoms with Gasteiger partial charge in [0.25, 0.3) is 0 Å². The van der Waals surface area contributed by atoms with Gasteiger partial charge in [-0.2, -0.15) is 0 Å². The number of carbonyl (C=O) groups excluding carboxylic acids is 2. The van der Waals surface area contributed by atoms with Crippen LogP contribution in [0.1, 0.15) is 309 Å². The molecule has 0 heterocycles. The van der Waals surface area contributed by atoms with Crippen LogP contribution in [0.2, 0.25) is 0 Å². The van der Waals surface area contributed by atoms with Crippen LogP contribution in [0.3, 0.4) is 0 Å². The van der Waals surface area contributed by atoms with Crippen LogP contribution in [0.4, 0.5) is 0 Å². The molecule has 0 aromatic carbocycles. The van der Waals surface area contributed by atoms with Gasteiger partial charge in [0.1, 0.15) is 6.61 Å². The maximum atomic E-state index is 12.7. The zero-order valence-electron chi connectivity index (χ0n) is 47.9. The summed E-state index contributed by atoms with van der Waals surface area (Å²) in [5.74, 6) is -0.817. The number of phosphoric ester groups is 1. The lowest BCUT2D eigenvalue weighted by molar-refractivity contribution is -0.161. The largest absolute Gasteiger partial charge is 0.472 e. The van der Waals surface area contributed by atoms with Gasteiger partial charge in [0.05, 0.1) is 13.2 Å². The number of phosphoric acid groups is 1. The average Bonchev–Trinajstić information content (AvgIpc) is 3.38. The molecular formula is C63H118NO8P. The molecule has 0 fully saturated rings. The maximum Gasteiger partial charge on any atom is 0.472 e. The zero-order valence-corrected chi connectivity index (χ0v) is 48.8. The van der Waals surface area contributed by atoms with Gasteiger partial charge in [-0.15, -0.1) is 0 Å². The van der Waals surface area contributed by atoms with Crippen molar-refractivity contribution in [3.8, 4) is 0 Å². The lowest BCUT2D eigenvalue weighted by Gasteiger charge is -2.19. The molecule has 0 amide bonds. The van der Waals surface area contributed by atoms with Crippen LogP contribution in [-0.4, -0.2) is 49.3 Å². The lowest BCUT2D eigenvalue weighted by atomic mass is 10.0. The zero-order chi connectivity index (χ0) is 53.1. The summed E-state index contributed by atoms with van der Waals surface area (Å²) in [6.45, 7) is 3.78. The molecule has 0 rings (SSSR count). The van der Waals surface area contributed by atoms with Gasteiger partial charge >= 0.3 is 19.8 Å². The van der Waals surface area contributed by atoms with E-state index in [4.69, 9.17) is 24.3 Å². The van der Waals surface area contributed by atoms with Crippen molar-refractivity contribution >= 4 is 19.8 Å². The number of allylic oxidation sites excluding steroid dienone is 8. The third-order valence-electron chi connectivity index (χ3n) is 13.7. The van der Waals surface area contributed by atoms with Gasteiger partial charge in [0.15, 0.2) is 6.10 Å². The van der Waals surface area contributed by atoms with Crippen molar-refractivity contribution < 1.29 is 37.6 Å². The minimum atomic E-state index is -4.39. The second-order valence-corrected chi connectivity index (χ2v) is 22.4. The van der Waals surface area contributed by atoms with Gasteiger partial charge in [0.2, 0.25) is 0 Å². The van der Waals surface area contributed by atoms with Crippen molar-refractivity contribution in [2.24, 2.45) is 5.73 Å². The Morgan fingerprint density at radius 2 is 0.712 bits per heavy atom. The summed E-state index contributed by atoms with van der Waals surface area (Å²) in [6.07, 6.45) is 73.2. The first-order valence-corrected chi connectivity index (χ1v) is 32.6. The topological polar surface area (TPSA) is 134 Å². The van der Waals surface area contributed by atoms with Gasteiger partial charge in [-0.05, 0) is 77.0 Å². The van der Waals surface area contributed by atoms with E-state index in [1.54, 1.807) is 0 Å². The average molecular weight is 1050 g/mol. The Labute approximate surface area is 451 Å². The summed E-state index contributed by atoms with van der Waals surface area (Å²) in [7, 11) is -4.39. The van der Waals surface area contributed by atoms with Crippen molar-refractivity contribution in [3.05, 3.63) is 48.6 Å². The highest BCUT2D eigenvalue weighted by Crippen LogP contribution is 2.43. The summed E-state index contributed by atoms with van der Waals surface area (Å²) >= 11 is 0. The number of carbonyl (C=O) groups is 2. The molecular weight excluding hydrogens is 930 g/mol. The van der Waals surface area contributed by atoms with Crippen molar-refractivity contribution in [3.63, 3.8) is 0 Å². The fraction of sp³-hybridized carbons (Fsp3) is 0.841. The molecule has 0 aliphatic heterocycles. The predicted octanol–water partition coefficient (Wildman–Crippen LogP) is 19.7. The van der Waals surface area contributed by atoms with Crippen LogP contribution in [0.5, 0.6) is 0 Å². The van der Waals surface area contributed by atoms with E-state index in [0.29, 0.717) is 6.42 Å². The third-order valence-corrected chi connectivity index (χ3v) is 14.7. The monoisotopic (exact) mass is 1050 g/mol. The van der Waals surface area contributed by atoms with Crippen LogP contribution >= 0.6 is 7.82 Å². The van der Waals surface area contributed by atoms with E-state index < -0.39 is 26.5 Å². The molecule has 0 saturated carbocycles. The summed E-state index contributed by atoms with van der Waals surface area (Å²) in [4.78, 5) is 35.2. The predicted molar refractivity (Wildman–Crippen MR) is 312 cm³/mol. The molecule has 0 aliphatic carbocycles. The van der Waals surface area contributed by atoms with Crippen LogP contribution in [-0.2, 0) is 32.7 Å². The number of unbranched alkanes of at least 4 members (excludes halogenated alkanes) is 38. The number of hydrogen-bond donors (Lipinski definition) is 2. The lowest BCUT2D eigenvalue weighted by Crippen LogP contribution is -2.29. The van der Waals surface area contributed by atoms with Crippen LogP contribution < -0.4 is 5.73 Å². The molecule has 2 atom stereocenters. The van der Waals surface area contributed by atoms with E-state index in [2.05, 4.69) is 62.5 Å². The van der Waals surface area contributed by atoms with E-state index >= 15 is 0 Å². The minimum absolute atomic E-state index is 0.0535. The standard InChI is InChI=1S/C63H118NO8P/c1-3-5-7-9-11-13-15-17-19-21-23-25-27-28-29-30-31-32-34-36-38-40-42-44-46-48-50-52-54-56-63(66)72-61(60-71-73(67,68)70-58-57-64)59-69-62(65)55-53-51-49-47-45-43-41-39-37-35-33-26-24-22-20-18-16-14-12-10-8-6-4-2/h15,17,21-24,27-28,61H,3-14,16,18-20,25-26,29-60,64H2,1-2H3,(H,67,68)/b17-15-,23-21-,24-22-,28-27-. The van der Waals surface area contributed by atoms with Gasteiger partial charge in [-0.1, -0.05) is 268 Å². The van der Waals surface area contributed by atoms with Gasteiger partial charge in [0, 0.05) is 19.4 Å². The van der Waals surface area contributed by atoms with Crippen molar-refractivity contribution in [2.75, 3.05) is 26.4 Å². The molecule has 0 aromatic heterocycles. The number of ether oxygens (including phenoxy) is 2. The highest BCUT2D eigenvalue weighted by molar-refractivity contribution is 7.47. The molecule has 2 unspecified atom stereocenters. The molecule has 0 aliphatic rings. The number of nitrogens with two attached hydrogens (primary N) is 1. The number of rotatable bonds is 59. The molecule has 10 heteroatoms. The Bertz CT molecular complexity index is 1330. The maximum absolute atomic E-state index is 12.7. The number of hydrogen-bond acceptors (Lipinski definition) is 8. The van der Waals surface area contributed by atoms with Crippen molar-refractivity contribution in [2.45, 2.75) is 315 Å². The fourth-order valence-electron chi connectivity index (χ4n) is 9.05. The molecule has 428 valence electrons. The molecule has 73 heavy (non-hydrogen) atoms. The van der Waals surface area contributed by atoms with Crippen molar-refractivity contribution in [1.29, 1.82) is 0 Å². The van der Waals surface area contributed by atoms with Crippen molar-refractivity contribution in [1.82, 2.24) is 0 Å². The Morgan fingerprint density at radius 1 is 0.411 bits per heavy atom. The van der Waals surface area contributed by atoms with Gasteiger partial charge in [-0.3, -0.25) is 18.6 Å². The molecule has 3 N–H and O–H groups in total. The first kappa shape index (κ1) is 71.0. The Kier molecular flexibility index (Phi) is 57.6. The van der Waals surface area contributed by atoms with E-state index in [0.717, 1.165) is 51.4 Å². The molecule has 0 saturated heterocycles. The highest BCUT2D eigenvalue weighted by Gasteiger charge is 2.26. The van der Waals surface area contributed by atoms with Gasteiger partial charge < -0.3 is 20.1 Å². The summed E-state index contributed by atoms with van der Waals surface area (Å²) in [5, 5.41) is 0. The number of esters is 2. The molecule has 0 aromatic rings. The minimum Gasteiger partial charge on any atom is -0.462 e. The fourth-order valence-corrected chi connectivity index (χ4v) is 9.82.